The highest BCUT2D eigenvalue weighted by atomic mass is 19.1. The molecule has 1 aliphatic carbocycles. The van der Waals surface area contributed by atoms with E-state index in [0.29, 0.717) is 23.1 Å². The van der Waals surface area contributed by atoms with Gasteiger partial charge in [0.15, 0.2) is 0 Å². The summed E-state index contributed by atoms with van der Waals surface area (Å²) in [5, 5.41) is 10.8. The van der Waals surface area contributed by atoms with E-state index in [1.165, 1.54) is 6.07 Å². The predicted molar refractivity (Wildman–Crippen MR) is 124 cm³/mol. The Kier molecular flexibility index (Phi) is 5.37. The quantitative estimate of drug-likeness (QED) is 0.455. The van der Waals surface area contributed by atoms with E-state index in [1.54, 1.807) is 24.2 Å². The Morgan fingerprint density at radius 1 is 1.15 bits per heavy atom. The summed E-state index contributed by atoms with van der Waals surface area (Å²) in [6.07, 6.45) is 3.24. The molecule has 8 nitrogen and oxygen atoms in total. The number of hydrogen-bond donors (Lipinski definition) is 2. The van der Waals surface area contributed by atoms with Crippen molar-refractivity contribution in [2.45, 2.75) is 25.7 Å². The SMILES string of the molecule is CNc1nc(Nc2ccc(-n3cnc(C)n3)c(OC)c2)nc2c1CC[C@H]2c1ccccc1F. The van der Waals surface area contributed by atoms with Crippen LogP contribution in [-0.4, -0.2) is 38.9 Å². The van der Waals surface area contributed by atoms with Crippen molar-refractivity contribution in [3.63, 3.8) is 0 Å². The molecule has 4 aromatic rings. The summed E-state index contributed by atoms with van der Waals surface area (Å²) in [6, 6.07) is 12.5. The van der Waals surface area contributed by atoms with E-state index < -0.39 is 0 Å². The Hall–Kier alpha value is -4.01. The molecule has 0 spiro atoms. The van der Waals surface area contributed by atoms with Gasteiger partial charge in [0.05, 0.1) is 12.8 Å². The Morgan fingerprint density at radius 3 is 2.73 bits per heavy atom. The molecule has 1 atom stereocenters. The molecule has 0 unspecified atom stereocenters. The van der Waals surface area contributed by atoms with Crippen LogP contribution >= 0.6 is 0 Å². The van der Waals surface area contributed by atoms with Crippen LogP contribution in [0.4, 0.5) is 21.8 Å². The number of fused-ring (bicyclic) bond motifs is 1. The fourth-order valence-corrected chi connectivity index (χ4v) is 4.32. The smallest absolute Gasteiger partial charge is 0.229 e. The summed E-state index contributed by atoms with van der Waals surface area (Å²) in [5.74, 6) is 2.18. The summed E-state index contributed by atoms with van der Waals surface area (Å²) in [7, 11) is 3.44. The molecule has 0 fully saturated rings. The molecule has 0 radical (unpaired) electrons. The maximum absolute atomic E-state index is 14.5. The maximum atomic E-state index is 14.5. The topological polar surface area (TPSA) is 89.8 Å². The Balaban J connectivity index is 1.50. The zero-order valence-electron chi connectivity index (χ0n) is 18.6. The molecule has 168 valence electrons. The highest BCUT2D eigenvalue weighted by Gasteiger charge is 2.31. The Morgan fingerprint density at radius 2 is 2.00 bits per heavy atom. The molecule has 0 saturated heterocycles. The molecule has 0 bridgehead atoms. The first-order valence-corrected chi connectivity index (χ1v) is 10.7. The van der Waals surface area contributed by atoms with E-state index in [2.05, 4.69) is 25.7 Å². The Labute approximate surface area is 190 Å². The minimum absolute atomic E-state index is 0.107. The van der Waals surface area contributed by atoms with E-state index in [0.717, 1.165) is 41.3 Å². The van der Waals surface area contributed by atoms with Gasteiger partial charge in [0.2, 0.25) is 5.95 Å². The molecular formula is C24H24FN7O. The molecule has 1 aliphatic rings. The van der Waals surface area contributed by atoms with Crippen molar-refractivity contribution in [1.82, 2.24) is 24.7 Å². The van der Waals surface area contributed by atoms with Gasteiger partial charge >= 0.3 is 0 Å². The monoisotopic (exact) mass is 445 g/mol. The molecule has 33 heavy (non-hydrogen) atoms. The van der Waals surface area contributed by atoms with Crippen molar-refractivity contribution >= 4 is 17.5 Å². The lowest BCUT2D eigenvalue weighted by Gasteiger charge is -2.16. The molecule has 5 rings (SSSR count). The largest absolute Gasteiger partial charge is 0.494 e. The molecule has 0 aliphatic heterocycles. The van der Waals surface area contributed by atoms with Gasteiger partial charge in [-0.3, -0.25) is 0 Å². The van der Waals surface area contributed by atoms with Gasteiger partial charge in [-0.05, 0) is 43.5 Å². The van der Waals surface area contributed by atoms with Crippen molar-refractivity contribution in [2.75, 3.05) is 24.8 Å². The normalized spacial score (nSPS) is 14.7. The van der Waals surface area contributed by atoms with E-state index in [9.17, 15) is 4.39 Å². The molecule has 0 saturated carbocycles. The second kappa shape index (κ2) is 8.50. The predicted octanol–water partition coefficient (Wildman–Crippen LogP) is 4.38. The number of halogens is 1. The van der Waals surface area contributed by atoms with Crippen molar-refractivity contribution in [2.24, 2.45) is 0 Å². The number of methoxy groups -OCH3 is 1. The molecule has 2 heterocycles. The van der Waals surface area contributed by atoms with Crippen LogP contribution in [-0.2, 0) is 6.42 Å². The first-order valence-electron chi connectivity index (χ1n) is 10.7. The standard InChI is InChI=1S/C24H24FN7O/c1-14-27-13-32(31-14)20-11-8-15(12-21(20)33-3)28-24-29-22-17(16-6-4-5-7-19(16)25)9-10-18(22)23(26-2)30-24/h4-8,11-13,17H,9-10H2,1-3H3,(H2,26,28,29,30)/t17-/m0/s1. The van der Waals surface area contributed by atoms with Crippen molar-refractivity contribution in [1.29, 1.82) is 0 Å². The zero-order valence-corrected chi connectivity index (χ0v) is 18.6. The van der Waals surface area contributed by atoms with Gasteiger partial charge in [0.1, 0.15) is 35.2 Å². The second-order valence-corrected chi connectivity index (χ2v) is 7.87. The molecule has 2 aromatic carbocycles. The molecule has 2 aromatic heterocycles. The van der Waals surface area contributed by atoms with E-state index in [1.807, 2.05) is 44.3 Å². The number of aryl methyl sites for hydroxylation is 1. The van der Waals surface area contributed by atoms with Crippen molar-refractivity contribution < 1.29 is 9.13 Å². The maximum Gasteiger partial charge on any atom is 0.229 e. The number of nitrogens with one attached hydrogen (secondary N) is 2. The lowest BCUT2D eigenvalue weighted by molar-refractivity contribution is 0.412. The summed E-state index contributed by atoms with van der Waals surface area (Å²) >= 11 is 0. The number of nitrogens with zero attached hydrogens (tertiary/aromatic N) is 5. The van der Waals surface area contributed by atoms with Gasteiger partial charge in [-0.15, -0.1) is 0 Å². The Bertz CT molecular complexity index is 1320. The van der Waals surface area contributed by atoms with Crippen LogP contribution in [0, 0.1) is 12.7 Å². The van der Waals surface area contributed by atoms with E-state index in [4.69, 9.17) is 9.72 Å². The summed E-state index contributed by atoms with van der Waals surface area (Å²) in [6.45, 7) is 1.83. The van der Waals surface area contributed by atoms with Crippen molar-refractivity contribution in [3.8, 4) is 11.4 Å². The number of anilines is 3. The fourth-order valence-electron chi connectivity index (χ4n) is 4.32. The second-order valence-electron chi connectivity index (χ2n) is 7.87. The van der Waals surface area contributed by atoms with Gasteiger partial charge in [0.25, 0.3) is 0 Å². The minimum atomic E-state index is -0.210. The average molecular weight is 446 g/mol. The number of rotatable bonds is 6. The number of ether oxygens (including phenoxy) is 1. The average Bonchev–Trinajstić information content (AvgIpc) is 3.45. The zero-order chi connectivity index (χ0) is 22.9. The molecule has 2 N–H and O–H groups in total. The van der Waals surface area contributed by atoms with Gasteiger partial charge in [-0.25, -0.2) is 19.0 Å². The number of aromatic nitrogens is 5. The molecular weight excluding hydrogens is 421 g/mol. The lowest BCUT2D eigenvalue weighted by atomic mass is 9.96. The highest BCUT2D eigenvalue weighted by molar-refractivity contribution is 5.64. The van der Waals surface area contributed by atoms with Crippen LogP contribution < -0.4 is 15.4 Å². The lowest BCUT2D eigenvalue weighted by Crippen LogP contribution is -2.08. The first kappa shape index (κ1) is 20.9. The van der Waals surface area contributed by atoms with Gasteiger partial charge in [-0.2, -0.15) is 10.1 Å². The number of hydrogen-bond acceptors (Lipinski definition) is 7. The summed E-state index contributed by atoms with van der Waals surface area (Å²) < 4.78 is 21.8. The van der Waals surface area contributed by atoms with Crippen molar-refractivity contribution in [3.05, 3.63) is 77.3 Å². The minimum Gasteiger partial charge on any atom is -0.494 e. The molecule has 0 amide bonds. The third kappa shape index (κ3) is 3.86. The van der Waals surface area contributed by atoms with Crippen LogP contribution in [0.1, 0.15) is 35.0 Å². The van der Waals surface area contributed by atoms with E-state index in [-0.39, 0.29) is 11.7 Å². The summed E-state index contributed by atoms with van der Waals surface area (Å²) in [4.78, 5) is 13.6. The van der Waals surface area contributed by atoms with Gasteiger partial charge in [-0.1, -0.05) is 18.2 Å². The van der Waals surface area contributed by atoms with Gasteiger partial charge in [0, 0.05) is 30.3 Å². The van der Waals surface area contributed by atoms with Gasteiger partial charge < -0.3 is 15.4 Å². The summed E-state index contributed by atoms with van der Waals surface area (Å²) in [5.41, 5.74) is 4.08. The third-order valence-corrected chi connectivity index (χ3v) is 5.86. The molecule has 9 heteroatoms. The van der Waals surface area contributed by atoms with Crippen LogP contribution in [0.15, 0.2) is 48.8 Å². The fraction of sp³-hybridized carbons (Fsp3) is 0.250. The van der Waals surface area contributed by atoms with Crippen LogP contribution in [0.2, 0.25) is 0 Å². The van der Waals surface area contributed by atoms with Crippen LogP contribution in [0.5, 0.6) is 5.75 Å². The highest BCUT2D eigenvalue weighted by Crippen LogP contribution is 2.41. The number of benzene rings is 2. The first-order chi connectivity index (χ1) is 16.1. The third-order valence-electron chi connectivity index (χ3n) is 5.86. The van der Waals surface area contributed by atoms with Crippen LogP contribution in [0.25, 0.3) is 5.69 Å². The van der Waals surface area contributed by atoms with Crippen LogP contribution in [0.3, 0.4) is 0 Å². The van der Waals surface area contributed by atoms with E-state index >= 15 is 0 Å².